The molecule has 0 saturated carbocycles. The van der Waals surface area contributed by atoms with Gasteiger partial charge in [-0.25, -0.2) is 0 Å². The standard InChI is InChI=1S/C15H24BrNO/c1-11(2)6-5-7-14(17-3)13-9-8-12(16)10-15(13)18-4/h8-11,14,17H,5-7H2,1-4H3. The molecule has 0 amide bonds. The summed E-state index contributed by atoms with van der Waals surface area (Å²) in [5.74, 6) is 1.72. The van der Waals surface area contributed by atoms with Crippen molar-refractivity contribution < 1.29 is 4.74 Å². The van der Waals surface area contributed by atoms with Crippen molar-refractivity contribution in [2.24, 2.45) is 5.92 Å². The average molecular weight is 314 g/mol. The minimum atomic E-state index is 0.367. The summed E-state index contributed by atoms with van der Waals surface area (Å²) >= 11 is 3.48. The first-order chi connectivity index (χ1) is 8.58. The van der Waals surface area contributed by atoms with Gasteiger partial charge in [-0.3, -0.25) is 0 Å². The van der Waals surface area contributed by atoms with Gasteiger partial charge in [0.2, 0.25) is 0 Å². The summed E-state index contributed by atoms with van der Waals surface area (Å²) in [5.41, 5.74) is 1.24. The Kier molecular flexibility index (Phi) is 6.72. The van der Waals surface area contributed by atoms with Crippen LogP contribution in [0.4, 0.5) is 0 Å². The zero-order chi connectivity index (χ0) is 13.5. The van der Waals surface area contributed by atoms with Crippen molar-refractivity contribution in [1.29, 1.82) is 0 Å². The molecule has 0 aliphatic heterocycles. The Bertz CT molecular complexity index is 366. The number of ether oxygens (including phenoxy) is 1. The van der Waals surface area contributed by atoms with Crippen molar-refractivity contribution in [1.82, 2.24) is 5.32 Å². The predicted octanol–water partition coefficient (Wildman–Crippen LogP) is 4.54. The lowest BCUT2D eigenvalue weighted by atomic mass is 9.97. The maximum absolute atomic E-state index is 5.47. The Morgan fingerprint density at radius 3 is 2.56 bits per heavy atom. The van der Waals surface area contributed by atoms with E-state index in [2.05, 4.69) is 47.2 Å². The van der Waals surface area contributed by atoms with Gasteiger partial charge in [0, 0.05) is 16.1 Å². The van der Waals surface area contributed by atoms with E-state index in [1.807, 2.05) is 13.1 Å². The summed E-state index contributed by atoms with van der Waals surface area (Å²) < 4.78 is 6.52. The summed E-state index contributed by atoms with van der Waals surface area (Å²) in [6.45, 7) is 4.54. The van der Waals surface area contributed by atoms with Crippen LogP contribution in [0.3, 0.4) is 0 Å². The highest BCUT2D eigenvalue weighted by Crippen LogP contribution is 2.31. The molecule has 1 rings (SSSR count). The molecule has 1 aromatic rings. The molecular weight excluding hydrogens is 290 g/mol. The van der Waals surface area contributed by atoms with E-state index < -0.39 is 0 Å². The van der Waals surface area contributed by atoms with Gasteiger partial charge in [-0.05, 0) is 31.5 Å². The molecule has 0 saturated heterocycles. The zero-order valence-electron chi connectivity index (χ0n) is 11.8. The third kappa shape index (κ3) is 4.62. The van der Waals surface area contributed by atoms with E-state index in [0.717, 1.165) is 22.6 Å². The second-order valence-electron chi connectivity index (χ2n) is 5.05. The molecular formula is C15H24BrNO. The van der Waals surface area contributed by atoms with Crippen molar-refractivity contribution in [3.8, 4) is 5.75 Å². The first-order valence-corrected chi connectivity index (χ1v) is 7.38. The molecule has 0 aliphatic rings. The number of nitrogens with one attached hydrogen (secondary N) is 1. The lowest BCUT2D eigenvalue weighted by molar-refractivity contribution is 0.394. The lowest BCUT2D eigenvalue weighted by Gasteiger charge is -2.20. The number of rotatable bonds is 7. The van der Waals surface area contributed by atoms with E-state index in [9.17, 15) is 0 Å². The Balaban J connectivity index is 2.75. The van der Waals surface area contributed by atoms with Crippen LogP contribution >= 0.6 is 15.9 Å². The summed E-state index contributed by atoms with van der Waals surface area (Å²) in [4.78, 5) is 0. The third-order valence-electron chi connectivity index (χ3n) is 3.19. The van der Waals surface area contributed by atoms with Crippen LogP contribution in [0.2, 0.25) is 0 Å². The topological polar surface area (TPSA) is 21.3 Å². The highest BCUT2D eigenvalue weighted by atomic mass is 79.9. The Hall–Kier alpha value is -0.540. The molecule has 0 bridgehead atoms. The summed E-state index contributed by atoms with van der Waals surface area (Å²) in [5, 5.41) is 3.39. The fourth-order valence-corrected chi connectivity index (χ4v) is 2.50. The van der Waals surface area contributed by atoms with Gasteiger partial charge >= 0.3 is 0 Å². The summed E-state index contributed by atoms with van der Waals surface area (Å²) in [7, 11) is 3.74. The average Bonchev–Trinajstić information content (AvgIpc) is 2.34. The van der Waals surface area contributed by atoms with Gasteiger partial charge in [-0.1, -0.05) is 48.7 Å². The lowest BCUT2D eigenvalue weighted by Crippen LogP contribution is -2.17. The second-order valence-corrected chi connectivity index (χ2v) is 5.97. The maximum atomic E-state index is 5.47. The first-order valence-electron chi connectivity index (χ1n) is 6.59. The molecule has 1 unspecified atom stereocenters. The number of hydrogen-bond acceptors (Lipinski definition) is 2. The molecule has 2 nitrogen and oxygen atoms in total. The largest absolute Gasteiger partial charge is 0.496 e. The summed E-state index contributed by atoms with van der Waals surface area (Å²) in [6.07, 6.45) is 3.66. The number of methoxy groups -OCH3 is 1. The van der Waals surface area contributed by atoms with Crippen LogP contribution in [-0.4, -0.2) is 14.2 Å². The van der Waals surface area contributed by atoms with Crippen molar-refractivity contribution in [2.45, 2.75) is 39.2 Å². The minimum absolute atomic E-state index is 0.367. The van der Waals surface area contributed by atoms with E-state index >= 15 is 0 Å². The van der Waals surface area contributed by atoms with Crippen LogP contribution in [-0.2, 0) is 0 Å². The molecule has 1 N–H and O–H groups in total. The van der Waals surface area contributed by atoms with Crippen LogP contribution in [0.1, 0.15) is 44.7 Å². The molecule has 0 heterocycles. The van der Waals surface area contributed by atoms with Gasteiger partial charge in [0.1, 0.15) is 5.75 Å². The molecule has 0 spiro atoms. The Morgan fingerprint density at radius 1 is 1.28 bits per heavy atom. The van der Waals surface area contributed by atoms with E-state index in [4.69, 9.17) is 4.74 Å². The fourth-order valence-electron chi connectivity index (χ4n) is 2.16. The van der Waals surface area contributed by atoms with Crippen molar-refractivity contribution in [3.63, 3.8) is 0 Å². The van der Waals surface area contributed by atoms with Crippen molar-refractivity contribution in [2.75, 3.05) is 14.2 Å². The van der Waals surface area contributed by atoms with E-state index in [1.165, 1.54) is 18.4 Å². The number of hydrogen-bond donors (Lipinski definition) is 1. The van der Waals surface area contributed by atoms with Crippen molar-refractivity contribution in [3.05, 3.63) is 28.2 Å². The predicted molar refractivity (Wildman–Crippen MR) is 81.2 cm³/mol. The second kappa shape index (κ2) is 7.80. The van der Waals surface area contributed by atoms with Crippen molar-refractivity contribution >= 4 is 15.9 Å². The maximum Gasteiger partial charge on any atom is 0.124 e. The van der Waals surface area contributed by atoms with Gasteiger partial charge in [0.25, 0.3) is 0 Å². The number of halogens is 1. The van der Waals surface area contributed by atoms with E-state index in [0.29, 0.717) is 6.04 Å². The van der Waals surface area contributed by atoms with E-state index in [1.54, 1.807) is 7.11 Å². The quantitative estimate of drug-likeness (QED) is 0.797. The molecule has 0 aliphatic carbocycles. The molecule has 0 radical (unpaired) electrons. The van der Waals surface area contributed by atoms with Crippen LogP contribution in [0, 0.1) is 5.92 Å². The molecule has 0 aromatic heterocycles. The monoisotopic (exact) mass is 313 g/mol. The Labute approximate surface area is 119 Å². The van der Waals surface area contributed by atoms with Gasteiger partial charge in [-0.15, -0.1) is 0 Å². The van der Waals surface area contributed by atoms with Gasteiger partial charge in [0.05, 0.1) is 7.11 Å². The molecule has 102 valence electrons. The SMILES string of the molecule is CNC(CCCC(C)C)c1ccc(Br)cc1OC. The smallest absolute Gasteiger partial charge is 0.124 e. The highest BCUT2D eigenvalue weighted by molar-refractivity contribution is 9.10. The normalized spacial score (nSPS) is 12.8. The van der Waals surface area contributed by atoms with Gasteiger partial charge in [0.15, 0.2) is 0 Å². The molecule has 3 heteroatoms. The zero-order valence-corrected chi connectivity index (χ0v) is 13.4. The van der Waals surface area contributed by atoms with Crippen LogP contribution in [0.25, 0.3) is 0 Å². The molecule has 18 heavy (non-hydrogen) atoms. The van der Waals surface area contributed by atoms with Gasteiger partial charge < -0.3 is 10.1 Å². The third-order valence-corrected chi connectivity index (χ3v) is 3.69. The highest BCUT2D eigenvalue weighted by Gasteiger charge is 2.14. The Morgan fingerprint density at radius 2 is 2.00 bits per heavy atom. The fraction of sp³-hybridized carbons (Fsp3) is 0.600. The number of benzene rings is 1. The van der Waals surface area contributed by atoms with Crippen LogP contribution in [0.5, 0.6) is 5.75 Å². The van der Waals surface area contributed by atoms with Crippen LogP contribution in [0.15, 0.2) is 22.7 Å². The first kappa shape index (κ1) is 15.5. The van der Waals surface area contributed by atoms with Gasteiger partial charge in [-0.2, -0.15) is 0 Å². The summed E-state index contributed by atoms with van der Waals surface area (Å²) in [6, 6.07) is 6.61. The molecule has 0 fully saturated rings. The molecule has 1 atom stereocenters. The van der Waals surface area contributed by atoms with Crippen LogP contribution < -0.4 is 10.1 Å². The minimum Gasteiger partial charge on any atom is -0.496 e. The van der Waals surface area contributed by atoms with E-state index in [-0.39, 0.29) is 0 Å². The molecule has 1 aromatic carbocycles.